The molecular weight excluding hydrogens is 318 g/mol. The van der Waals surface area contributed by atoms with Crippen molar-refractivity contribution in [3.05, 3.63) is 50.8 Å². The van der Waals surface area contributed by atoms with Crippen LogP contribution in [0.5, 0.6) is 0 Å². The fraction of sp³-hybridized carbons (Fsp3) is 0.267. The molecule has 0 aromatic carbocycles. The minimum Gasteiger partial charge on any atom is -0.478 e. The molecular formula is C15H13N3O4S. The monoisotopic (exact) mass is 331 g/mol. The van der Waals surface area contributed by atoms with Gasteiger partial charge in [-0.3, -0.25) is 20.1 Å². The maximum Gasteiger partial charge on any atom is 0.334 e. The molecule has 1 aliphatic rings. The Kier molecular flexibility index (Phi) is 3.69. The van der Waals surface area contributed by atoms with Gasteiger partial charge in [0, 0.05) is 33.1 Å². The lowest BCUT2D eigenvalue weighted by Gasteiger charge is -2.26. The Morgan fingerprint density at radius 3 is 2.83 bits per heavy atom. The average Bonchev–Trinajstić information content (AvgIpc) is 2.89. The number of nitro groups is 1. The topological polar surface area (TPSA) is 106 Å². The quantitative estimate of drug-likeness (QED) is 0.687. The summed E-state index contributed by atoms with van der Waals surface area (Å²) in [5.41, 5.74) is 1.21. The van der Waals surface area contributed by atoms with E-state index in [1.54, 1.807) is 31.6 Å². The molecule has 23 heavy (non-hydrogen) atoms. The second-order valence-corrected chi connectivity index (χ2v) is 6.24. The second kappa shape index (κ2) is 5.54. The number of aliphatic carboxylic acids is 1. The van der Waals surface area contributed by atoms with Gasteiger partial charge < -0.3 is 5.11 Å². The zero-order valence-corrected chi connectivity index (χ0v) is 13.2. The Hall–Kier alpha value is -2.61. The van der Waals surface area contributed by atoms with E-state index in [1.165, 1.54) is 11.3 Å². The van der Waals surface area contributed by atoms with E-state index in [9.17, 15) is 20.0 Å². The molecule has 1 aliphatic heterocycles. The molecule has 0 amide bonds. The largest absolute Gasteiger partial charge is 0.478 e. The van der Waals surface area contributed by atoms with Crippen LogP contribution in [0.3, 0.4) is 0 Å². The molecule has 0 bridgehead atoms. The number of rotatable bonds is 3. The Balaban J connectivity index is 2.29. The number of aliphatic imine (C=N–C) groups is 1. The molecule has 0 saturated carbocycles. The molecule has 2 aromatic rings. The van der Waals surface area contributed by atoms with Crippen LogP contribution in [0.2, 0.25) is 0 Å². The van der Waals surface area contributed by atoms with Crippen molar-refractivity contribution in [3.8, 4) is 0 Å². The summed E-state index contributed by atoms with van der Waals surface area (Å²) in [4.78, 5) is 31.0. The standard InChI is InChI=1S/C15H13N3O4S/c1-7-12(15(19)20)13(14(18(21)22)8(2)17-7)10-6-23-11-3-4-16-5-9(10)11/h3-6,13-14H,1-2H3,(H,19,20)/t13-,14?/m0/s1. The fourth-order valence-electron chi connectivity index (χ4n) is 3.04. The van der Waals surface area contributed by atoms with Crippen molar-refractivity contribution in [1.29, 1.82) is 0 Å². The minimum absolute atomic E-state index is 0.0270. The predicted octanol–water partition coefficient (Wildman–Crippen LogP) is 2.86. The highest BCUT2D eigenvalue weighted by Crippen LogP contribution is 2.41. The summed E-state index contributed by atoms with van der Waals surface area (Å²) in [5.74, 6) is -2.06. The third kappa shape index (κ3) is 2.40. The lowest BCUT2D eigenvalue weighted by atomic mass is 9.80. The summed E-state index contributed by atoms with van der Waals surface area (Å²) in [6.07, 6.45) is 3.26. The summed E-state index contributed by atoms with van der Waals surface area (Å²) < 4.78 is 0.916. The van der Waals surface area contributed by atoms with Crippen molar-refractivity contribution in [2.45, 2.75) is 25.8 Å². The third-order valence-corrected chi connectivity index (χ3v) is 4.97. The lowest BCUT2D eigenvalue weighted by molar-refractivity contribution is -0.505. The molecule has 2 aromatic heterocycles. The SMILES string of the molecule is CC1=NC(C)=C(C(=O)O)[C@H](c2csc3ccncc23)C1[N+](=O)[O-]. The molecule has 118 valence electrons. The fourth-order valence-corrected chi connectivity index (χ4v) is 4.00. The number of fused-ring (bicyclic) bond motifs is 1. The van der Waals surface area contributed by atoms with Gasteiger partial charge in [-0.2, -0.15) is 0 Å². The second-order valence-electron chi connectivity index (χ2n) is 5.33. The van der Waals surface area contributed by atoms with Gasteiger partial charge >= 0.3 is 5.97 Å². The Morgan fingerprint density at radius 2 is 2.17 bits per heavy atom. The normalized spacial score (nSPS) is 21.4. The van der Waals surface area contributed by atoms with Gasteiger partial charge in [-0.25, -0.2) is 4.79 Å². The number of carbonyl (C=O) groups is 1. The molecule has 0 spiro atoms. The van der Waals surface area contributed by atoms with Crippen LogP contribution in [0, 0.1) is 10.1 Å². The van der Waals surface area contributed by atoms with Gasteiger partial charge in [-0.1, -0.05) is 0 Å². The van der Waals surface area contributed by atoms with Crippen LogP contribution in [-0.4, -0.2) is 32.7 Å². The summed E-state index contributed by atoms with van der Waals surface area (Å²) in [6, 6.07) is 0.619. The van der Waals surface area contributed by atoms with E-state index in [0.29, 0.717) is 17.0 Å². The maximum atomic E-state index is 11.7. The number of carboxylic acid groups (broad SMARTS) is 1. The summed E-state index contributed by atoms with van der Waals surface area (Å²) in [7, 11) is 0. The van der Waals surface area contributed by atoms with Crippen LogP contribution in [-0.2, 0) is 4.79 Å². The number of carboxylic acids is 1. The van der Waals surface area contributed by atoms with Gasteiger partial charge in [0.15, 0.2) is 0 Å². The van der Waals surface area contributed by atoms with Crippen molar-refractivity contribution in [1.82, 2.24) is 4.98 Å². The van der Waals surface area contributed by atoms with Crippen molar-refractivity contribution < 1.29 is 14.8 Å². The van der Waals surface area contributed by atoms with Gasteiger partial charge in [0.05, 0.1) is 17.2 Å². The molecule has 0 fully saturated rings. The molecule has 1 unspecified atom stereocenters. The Morgan fingerprint density at radius 1 is 1.43 bits per heavy atom. The van der Waals surface area contributed by atoms with E-state index in [-0.39, 0.29) is 5.57 Å². The van der Waals surface area contributed by atoms with Gasteiger partial charge in [0.2, 0.25) is 0 Å². The van der Waals surface area contributed by atoms with E-state index in [4.69, 9.17) is 0 Å². The van der Waals surface area contributed by atoms with Crippen LogP contribution < -0.4 is 0 Å². The first-order chi connectivity index (χ1) is 10.9. The number of nitrogens with zero attached hydrogens (tertiary/aromatic N) is 3. The molecule has 0 saturated heterocycles. The molecule has 1 N–H and O–H groups in total. The molecule has 8 heteroatoms. The number of pyridine rings is 1. The summed E-state index contributed by atoms with van der Waals surface area (Å²) in [5, 5.41) is 23.7. The van der Waals surface area contributed by atoms with E-state index in [2.05, 4.69) is 9.98 Å². The molecule has 3 heterocycles. The number of allylic oxidation sites excluding steroid dienone is 1. The zero-order valence-electron chi connectivity index (χ0n) is 12.4. The first-order valence-electron chi connectivity index (χ1n) is 6.85. The smallest absolute Gasteiger partial charge is 0.334 e. The summed E-state index contributed by atoms with van der Waals surface area (Å²) >= 11 is 1.42. The number of aromatic nitrogens is 1. The van der Waals surface area contributed by atoms with E-state index in [0.717, 1.165) is 10.1 Å². The van der Waals surface area contributed by atoms with Crippen LogP contribution in [0.4, 0.5) is 0 Å². The van der Waals surface area contributed by atoms with E-state index < -0.39 is 22.9 Å². The van der Waals surface area contributed by atoms with Crippen LogP contribution in [0.25, 0.3) is 10.1 Å². The molecule has 0 radical (unpaired) electrons. The summed E-state index contributed by atoms with van der Waals surface area (Å²) in [6.45, 7) is 3.14. The molecule has 2 atom stereocenters. The van der Waals surface area contributed by atoms with Crippen molar-refractivity contribution >= 4 is 33.1 Å². The van der Waals surface area contributed by atoms with Gasteiger partial charge in [0.1, 0.15) is 0 Å². The van der Waals surface area contributed by atoms with Gasteiger partial charge in [0.25, 0.3) is 6.04 Å². The van der Waals surface area contributed by atoms with Crippen molar-refractivity contribution in [2.24, 2.45) is 4.99 Å². The number of hydrogen-bond acceptors (Lipinski definition) is 6. The molecule has 7 nitrogen and oxygen atoms in total. The Bertz CT molecular complexity index is 884. The van der Waals surface area contributed by atoms with Gasteiger partial charge in [-0.15, -0.1) is 11.3 Å². The highest BCUT2D eigenvalue weighted by Gasteiger charge is 2.45. The third-order valence-electron chi connectivity index (χ3n) is 3.99. The molecule has 0 aliphatic carbocycles. The highest BCUT2D eigenvalue weighted by molar-refractivity contribution is 7.17. The molecule has 3 rings (SSSR count). The van der Waals surface area contributed by atoms with E-state index >= 15 is 0 Å². The van der Waals surface area contributed by atoms with Gasteiger partial charge in [-0.05, 0) is 30.9 Å². The van der Waals surface area contributed by atoms with Crippen LogP contribution in [0.1, 0.15) is 25.3 Å². The minimum atomic E-state index is -1.19. The predicted molar refractivity (Wildman–Crippen MR) is 86.6 cm³/mol. The first kappa shape index (κ1) is 15.3. The van der Waals surface area contributed by atoms with Crippen molar-refractivity contribution in [3.63, 3.8) is 0 Å². The Labute approximate surface area is 135 Å². The maximum absolute atomic E-state index is 11.7. The number of thiophene rings is 1. The van der Waals surface area contributed by atoms with E-state index in [1.807, 2.05) is 6.07 Å². The highest BCUT2D eigenvalue weighted by atomic mass is 32.1. The number of hydrogen-bond donors (Lipinski definition) is 1. The average molecular weight is 331 g/mol. The first-order valence-corrected chi connectivity index (χ1v) is 7.73. The van der Waals surface area contributed by atoms with Crippen molar-refractivity contribution in [2.75, 3.05) is 0 Å². The van der Waals surface area contributed by atoms with Crippen LogP contribution in [0.15, 0.2) is 40.1 Å². The zero-order chi connectivity index (χ0) is 16.7. The lowest BCUT2D eigenvalue weighted by Crippen LogP contribution is -2.39. The van der Waals surface area contributed by atoms with Crippen LogP contribution >= 0.6 is 11.3 Å².